The maximum atomic E-state index is 13.5. The first-order valence-electron chi connectivity index (χ1n) is 8.90. The van der Waals surface area contributed by atoms with Crippen molar-refractivity contribution in [1.29, 1.82) is 0 Å². The Morgan fingerprint density at radius 2 is 1.96 bits per heavy atom. The quantitative estimate of drug-likeness (QED) is 0.633. The van der Waals surface area contributed by atoms with E-state index >= 15 is 0 Å². The van der Waals surface area contributed by atoms with Gasteiger partial charge in [0.1, 0.15) is 10.0 Å². The molecule has 1 aromatic carbocycles. The van der Waals surface area contributed by atoms with Gasteiger partial charge in [0.2, 0.25) is 5.91 Å². The highest BCUT2D eigenvalue weighted by atomic mass is 32.2. The second-order valence-electron chi connectivity index (χ2n) is 6.70. The van der Waals surface area contributed by atoms with Gasteiger partial charge in [-0.25, -0.2) is 17.1 Å². The van der Waals surface area contributed by atoms with E-state index in [0.717, 1.165) is 5.56 Å². The Hall–Kier alpha value is -1.81. The van der Waals surface area contributed by atoms with Crippen LogP contribution in [0.5, 0.6) is 0 Å². The summed E-state index contributed by atoms with van der Waals surface area (Å²) >= 11 is 1.17. The number of halogens is 1. The van der Waals surface area contributed by atoms with Gasteiger partial charge in [-0.15, -0.1) is 11.3 Å². The predicted molar refractivity (Wildman–Crippen MR) is 109 cm³/mol. The summed E-state index contributed by atoms with van der Waals surface area (Å²) in [5.74, 6) is -0.476. The number of benzene rings is 1. The largest absolute Gasteiger partial charge is 0.354 e. The Bertz CT molecular complexity index is 870. The van der Waals surface area contributed by atoms with Crippen molar-refractivity contribution in [2.75, 3.05) is 34.2 Å². The standard InChI is InChI=1S/C19H26FN3O3S2/c1-22(2)17(15-7-4-8-16(20)13-15)14-21-18(24)9-5-11-23(3)28(25,26)19-10-6-12-27-19/h4,6-8,10,12-13,17H,5,9,11,14H2,1-3H3,(H,21,24). The van der Waals surface area contributed by atoms with Crippen molar-refractivity contribution in [2.45, 2.75) is 23.1 Å². The number of hydrogen-bond acceptors (Lipinski definition) is 5. The number of rotatable bonds is 10. The van der Waals surface area contributed by atoms with Crippen LogP contribution in [0.1, 0.15) is 24.4 Å². The van der Waals surface area contributed by atoms with Crippen LogP contribution in [-0.2, 0) is 14.8 Å². The Labute approximate surface area is 170 Å². The van der Waals surface area contributed by atoms with Crippen molar-refractivity contribution in [2.24, 2.45) is 0 Å². The van der Waals surface area contributed by atoms with Gasteiger partial charge < -0.3 is 10.2 Å². The average molecular weight is 428 g/mol. The lowest BCUT2D eigenvalue weighted by atomic mass is 10.1. The summed E-state index contributed by atoms with van der Waals surface area (Å²) in [6.07, 6.45) is 0.632. The predicted octanol–water partition coefficient (Wildman–Crippen LogP) is 2.71. The van der Waals surface area contributed by atoms with Crippen LogP contribution >= 0.6 is 11.3 Å². The molecule has 0 fully saturated rings. The smallest absolute Gasteiger partial charge is 0.252 e. The number of nitrogens with one attached hydrogen (secondary N) is 1. The van der Waals surface area contributed by atoms with Crippen molar-refractivity contribution in [1.82, 2.24) is 14.5 Å². The number of hydrogen-bond donors (Lipinski definition) is 1. The zero-order chi connectivity index (χ0) is 20.7. The molecule has 0 aliphatic rings. The van der Waals surface area contributed by atoms with E-state index in [1.54, 1.807) is 23.6 Å². The Balaban J connectivity index is 1.82. The second kappa shape index (κ2) is 10.1. The maximum Gasteiger partial charge on any atom is 0.252 e. The highest BCUT2D eigenvalue weighted by Gasteiger charge is 2.21. The molecule has 154 valence electrons. The number of sulfonamides is 1. The van der Waals surface area contributed by atoms with E-state index in [9.17, 15) is 17.6 Å². The first-order valence-corrected chi connectivity index (χ1v) is 11.2. The number of amides is 1. The third-order valence-corrected chi connectivity index (χ3v) is 7.62. The van der Waals surface area contributed by atoms with Crippen molar-refractivity contribution >= 4 is 27.3 Å². The minimum absolute atomic E-state index is 0.151. The van der Waals surface area contributed by atoms with Crippen LogP contribution in [0, 0.1) is 5.82 Å². The summed E-state index contributed by atoms with van der Waals surface area (Å²) < 4.78 is 39.7. The normalized spacial score (nSPS) is 13.1. The van der Waals surface area contributed by atoms with E-state index in [4.69, 9.17) is 0 Å². The monoisotopic (exact) mass is 427 g/mol. The first-order chi connectivity index (χ1) is 13.2. The highest BCUT2D eigenvalue weighted by molar-refractivity contribution is 7.91. The molecule has 1 heterocycles. The van der Waals surface area contributed by atoms with Gasteiger partial charge >= 0.3 is 0 Å². The van der Waals surface area contributed by atoms with Crippen LogP contribution in [0.15, 0.2) is 46.0 Å². The molecule has 0 bridgehead atoms. The van der Waals surface area contributed by atoms with Gasteiger partial charge in [-0.2, -0.15) is 0 Å². The number of carbonyl (C=O) groups excluding carboxylic acids is 1. The fourth-order valence-electron chi connectivity index (χ4n) is 2.76. The van der Waals surface area contributed by atoms with E-state index in [1.165, 1.54) is 34.8 Å². The number of carbonyl (C=O) groups is 1. The lowest BCUT2D eigenvalue weighted by molar-refractivity contribution is -0.121. The summed E-state index contributed by atoms with van der Waals surface area (Å²) in [6.45, 7) is 0.604. The first kappa shape index (κ1) is 22.5. The molecule has 0 spiro atoms. The summed E-state index contributed by atoms with van der Waals surface area (Å²) in [5, 5.41) is 4.57. The number of nitrogens with zero attached hydrogens (tertiary/aromatic N) is 2. The van der Waals surface area contributed by atoms with Crippen LogP contribution in [-0.4, -0.2) is 57.8 Å². The van der Waals surface area contributed by atoms with E-state index in [0.29, 0.717) is 17.2 Å². The highest BCUT2D eigenvalue weighted by Crippen LogP contribution is 2.20. The molecule has 1 atom stereocenters. The number of thiophene rings is 1. The van der Waals surface area contributed by atoms with Crippen molar-refractivity contribution in [3.05, 3.63) is 53.2 Å². The summed E-state index contributed by atoms with van der Waals surface area (Å²) in [4.78, 5) is 14.1. The lowest BCUT2D eigenvalue weighted by Gasteiger charge is -2.25. The van der Waals surface area contributed by atoms with Crippen LogP contribution < -0.4 is 5.32 Å². The third-order valence-electron chi connectivity index (χ3n) is 4.39. The van der Waals surface area contributed by atoms with Gasteiger partial charge in [0.25, 0.3) is 10.0 Å². The molecule has 0 aliphatic heterocycles. The molecule has 1 amide bonds. The Kier molecular flexibility index (Phi) is 8.11. The molecule has 2 rings (SSSR count). The summed E-state index contributed by atoms with van der Waals surface area (Å²) in [5.41, 5.74) is 0.784. The van der Waals surface area contributed by atoms with Gasteiger partial charge in [0, 0.05) is 26.6 Å². The van der Waals surface area contributed by atoms with E-state index in [-0.39, 0.29) is 30.7 Å². The van der Waals surface area contributed by atoms with Gasteiger partial charge in [-0.05, 0) is 49.7 Å². The molecule has 28 heavy (non-hydrogen) atoms. The molecule has 1 aromatic heterocycles. The molecular formula is C19H26FN3O3S2. The molecule has 0 saturated carbocycles. The molecule has 9 heteroatoms. The average Bonchev–Trinajstić information content (AvgIpc) is 3.17. The molecular weight excluding hydrogens is 401 g/mol. The zero-order valence-electron chi connectivity index (χ0n) is 16.3. The summed E-state index contributed by atoms with van der Waals surface area (Å²) in [7, 11) is 1.75. The number of likely N-dealkylation sites (N-methyl/N-ethyl adjacent to an activating group) is 1. The van der Waals surface area contributed by atoms with Crippen LogP contribution in [0.4, 0.5) is 4.39 Å². The van der Waals surface area contributed by atoms with Gasteiger partial charge in [0.15, 0.2) is 0 Å². The molecule has 2 aromatic rings. The molecule has 1 N–H and O–H groups in total. The molecule has 6 nitrogen and oxygen atoms in total. The van der Waals surface area contributed by atoms with Crippen LogP contribution in [0.25, 0.3) is 0 Å². The van der Waals surface area contributed by atoms with Gasteiger partial charge in [0.05, 0.1) is 6.04 Å². The van der Waals surface area contributed by atoms with Gasteiger partial charge in [-0.1, -0.05) is 18.2 Å². The summed E-state index contributed by atoms with van der Waals surface area (Å²) in [6, 6.07) is 9.42. The van der Waals surface area contributed by atoms with Crippen LogP contribution in [0.2, 0.25) is 0 Å². The van der Waals surface area contributed by atoms with E-state index in [2.05, 4.69) is 5.32 Å². The van der Waals surface area contributed by atoms with E-state index < -0.39 is 10.0 Å². The van der Waals surface area contributed by atoms with Gasteiger partial charge in [-0.3, -0.25) is 4.79 Å². The van der Waals surface area contributed by atoms with E-state index in [1.807, 2.05) is 25.1 Å². The molecule has 1 unspecified atom stereocenters. The third kappa shape index (κ3) is 6.10. The Morgan fingerprint density at radius 3 is 2.57 bits per heavy atom. The minimum Gasteiger partial charge on any atom is -0.354 e. The van der Waals surface area contributed by atoms with Crippen molar-refractivity contribution < 1.29 is 17.6 Å². The maximum absolute atomic E-state index is 13.5. The van der Waals surface area contributed by atoms with Crippen LogP contribution in [0.3, 0.4) is 0 Å². The molecule has 0 saturated heterocycles. The zero-order valence-corrected chi connectivity index (χ0v) is 17.9. The van der Waals surface area contributed by atoms with Crippen molar-refractivity contribution in [3.8, 4) is 0 Å². The topological polar surface area (TPSA) is 69.7 Å². The van der Waals surface area contributed by atoms with Crippen molar-refractivity contribution in [3.63, 3.8) is 0 Å². The Morgan fingerprint density at radius 1 is 1.21 bits per heavy atom. The minimum atomic E-state index is -3.49. The fraction of sp³-hybridized carbons (Fsp3) is 0.421. The molecule has 0 radical (unpaired) electrons. The fourth-order valence-corrected chi connectivity index (χ4v) is 5.17. The SMILES string of the molecule is CN(C)C(CNC(=O)CCCN(C)S(=O)(=O)c1cccs1)c1cccc(F)c1. The second-order valence-corrected chi connectivity index (χ2v) is 9.92. The molecule has 0 aliphatic carbocycles. The lowest BCUT2D eigenvalue weighted by Crippen LogP contribution is -2.35.